The average Bonchev–Trinajstić information content (AvgIpc) is 3.10. The summed E-state index contributed by atoms with van der Waals surface area (Å²) in [4.78, 5) is 2.47. The fourth-order valence-electron chi connectivity index (χ4n) is 4.01. The zero-order valence-electron chi connectivity index (χ0n) is 16.9. The van der Waals surface area contributed by atoms with Crippen molar-refractivity contribution < 1.29 is 9.84 Å². The van der Waals surface area contributed by atoms with Gasteiger partial charge in [0.05, 0.1) is 12.8 Å². The van der Waals surface area contributed by atoms with Crippen LogP contribution in [-0.2, 0) is 19.4 Å². The van der Waals surface area contributed by atoms with E-state index in [-0.39, 0.29) is 12.0 Å². The van der Waals surface area contributed by atoms with E-state index < -0.39 is 0 Å². The van der Waals surface area contributed by atoms with Crippen LogP contribution >= 0.6 is 0 Å². The number of aliphatic hydroxyl groups is 1. The molecule has 27 heavy (non-hydrogen) atoms. The summed E-state index contributed by atoms with van der Waals surface area (Å²) in [6.45, 7) is 7.61. The molecule has 0 amide bonds. The van der Waals surface area contributed by atoms with Crippen LogP contribution in [0.15, 0.2) is 30.3 Å². The Bertz CT molecular complexity index is 701. The number of nitrogens with zero attached hydrogens (tertiary/aromatic N) is 2. The van der Waals surface area contributed by atoms with E-state index in [1.165, 1.54) is 11.3 Å². The molecule has 2 heterocycles. The van der Waals surface area contributed by atoms with E-state index in [4.69, 9.17) is 4.74 Å². The molecule has 0 radical (unpaired) electrons. The van der Waals surface area contributed by atoms with Crippen LogP contribution in [0.4, 0.5) is 0 Å². The number of hydrogen-bond acceptors (Lipinski definition) is 4. The molecule has 1 aromatic carbocycles. The largest absolute Gasteiger partial charge is 0.497 e. The number of hydrogen-bond donors (Lipinski definition) is 2. The number of rotatable bonds is 8. The van der Waals surface area contributed by atoms with Crippen LogP contribution in [0.2, 0.25) is 0 Å². The molecule has 1 fully saturated rings. The lowest BCUT2D eigenvalue weighted by molar-refractivity contribution is 0.0409. The maximum Gasteiger partial charge on any atom is 0.118 e. The predicted octanol–water partition coefficient (Wildman–Crippen LogP) is 3.43. The maximum atomic E-state index is 10.1. The summed E-state index contributed by atoms with van der Waals surface area (Å²) in [7, 11) is 1.69. The first kappa shape index (κ1) is 19.9. The second-order valence-electron chi connectivity index (χ2n) is 8.44. The first-order valence-corrected chi connectivity index (χ1v) is 10.0. The van der Waals surface area contributed by atoms with E-state index in [9.17, 15) is 5.11 Å². The van der Waals surface area contributed by atoms with Crippen LogP contribution in [0.5, 0.6) is 5.75 Å². The number of H-pyrrole nitrogens is 1. The SMILES string of the molecule is COc1ccc(CC2(CO)CCN(Cc3cc(CC(C)C)n[nH]3)CC2)cc1. The maximum absolute atomic E-state index is 10.1. The molecule has 1 saturated heterocycles. The lowest BCUT2D eigenvalue weighted by Crippen LogP contribution is -2.42. The molecule has 1 aliphatic rings. The second-order valence-corrected chi connectivity index (χ2v) is 8.44. The molecule has 5 nitrogen and oxygen atoms in total. The first-order chi connectivity index (χ1) is 13.0. The summed E-state index contributed by atoms with van der Waals surface area (Å²) in [5.74, 6) is 1.50. The lowest BCUT2D eigenvalue weighted by atomic mass is 9.74. The smallest absolute Gasteiger partial charge is 0.118 e. The van der Waals surface area contributed by atoms with Crippen molar-refractivity contribution in [2.24, 2.45) is 11.3 Å². The van der Waals surface area contributed by atoms with Crippen LogP contribution < -0.4 is 4.74 Å². The number of aromatic nitrogens is 2. The van der Waals surface area contributed by atoms with Gasteiger partial charge in [0.25, 0.3) is 0 Å². The highest BCUT2D eigenvalue weighted by Crippen LogP contribution is 2.35. The fourth-order valence-corrected chi connectivity index (χ4v) is 4.01. The van der Waals surface area contributed by atoms with Crippen molar-refractivity contribution in [2.45, 2.75) is 46.1 Å². The Kier molecular flexibility index (Phi) is 6.55. The number of piperidine rings is 1. The molecule has 1 aromatic heterocycles. The first-order valence-electron chi connectivity index (χ1n) is 10.0. The summed E-state index contributed by atoms with van der Waals surface area (Å²) in [6.07, 6.45) is 3.97. The number of ether oxygens (including phenoxy) is 1. The van der Waals surface area contributed by atoms with Gasteiger partial charge in [-0.1, -0.05) is 26.0 Å². The van der Waals surface area contributed by atoms with Gasteiger partial charge in [-0.25, -0.2) is 0 Å². The third kappa shape index (κ3) is 5.33. The van der Waals surface area contributed by atoms with E-state index in [0.29, 0.717) is 5.92 Å². The van der Waals surface area contributed by atoms with E-state index in [1.54, 1.807) is 7.11 Å². The number of aliphatic hydroxyl groups excluding tert-OH is 1. The van der Waals surface area contributed by atoms with Crippen molar-refractivity contribution in [3.05, 3.63) is 47.3 Å². The van der Waals surface area contributed by atoms with Gasteiger partial charge in [-0.2, -0.15) is 5.10 Å². The van der Waals surface area contributed by atoms with Crippen molar-refractivity contribution in [2.75, 3.05) is 26.8 Å². The summed E-state index contributed by atoms with van der Waals surface area (Å²) in [5.41, 5.74) is 3.60. The number of aromatic amines is 1. The Labute approximate surface area is 162 Å². The molecular formula is C22H33N3O2. The van der Waals surface area contributed by atoms with E-state index in [1.807, 2.05) is 12.1 Å². The third-order valence-electron chi connectivity index (χ3n) is 5.69. The summed E-state index contributed by atoms with van der Waals surface area (Å²) < 4.78 is 5.24. The highest BCUT2D eigenvalue weighted by Gasteiger charge is 2.34. The molecule has 0 atom stereocenters. The Hall–Kier alpha value is -1.85. The van der Waals surface area contributed by atoms with Gasteiger partial charge in [0, 0.05) is 18.8 Å². The molecule has 0 aliphatic carbocycles. The van der Waals surface area contributed by atoms with Crippen LogP contribution in [0.25, 0.3) is 0 Å². The van der Waals surface area contributed by atoms with Gasteiger partial charge in [0.1, 0.15) is 5.75 Å². The summed E-state index contributed by atoms with van der Waals surface area (Å²) in [5, 5.41) is 17.7. The molecule has 0 spiro atoms. The van der Waals surface area contributed by atoms with Crippen molar-refractivity contribution in [3.63, 3.8) is 0 Å². The van der Waals surface area contributed by atoms with Crippen molar-refractivity contribution in [1.82, 2.24) is 15.1 Å². The monoisotopic (exact) mass is 371 g/mol. The van der Waals surface area contributed by atoms with Gasteiger partial charge < -0.3 is 9.84 Å². The number of nitrogens with one attached hydrogen (secondary N) is 1. The minimum absolute atomic E-state index is 0.0120. The third-order valence-corrected chi connectivity index (χ3v) is 5.69. The highest BCUT2D eigenvalue weighted by atomic mass is 16.5. The van der Waals surface area contributed by atoms with Gasteiger partial charge in [-0.15, -0.1) is 0 Å². The Morgan fingerprint density at radius 1 is 1.22 bits per heavy atom. The molecule has 0 saturated carbocycles. The molecule has 0 unspecified atom stereocenters. The molecule has 0 bridgehead atoms. The van der Waals surface area contributed by atoms with E-state index in [2.05, 4.69) is 47.1 Å². The van der Waals surface area contributed by atoms with Crippen LogP contribution in [0.1, 0.15) is 43.6 Å². The number of likely N-dealkylation sites (tertiary alicyclic amines) is 1. The van der Waals surface area contributed by atoms with Gasteiger partial charge in [-0.3, -0.25) is 10.00 Å². The number of benzene rings is 1. The van der Waals surface area contributed by atoms with Crippen LogP contribution in [0, 0.1) is 11.3 Å². The Morgan fingerprint density at radius 2 is 1.93 bits per heavy atom. The van der Waals surface area contributed by atoms with Crippen molar-refractivity contribution in [1.29, 1.82) is 0 Å². The fraction of sp³-hybridized carbons (Fsp3) is 0.591. The number of methoxy groups -OCH3 is 1. The zero-order valence-corrected chi connectivity index (χ0v) is 16.9. The topological polar surface area (TPSA) is 61.4 Å². The zero-order chi connectivity index (χ0) is 19.3. The Balaban J connectivity index is 1.54. The van der Waals surface area contributed by atoms with E-state index >= 15 is 0 Å². The van der Waals surface area contributed by atoms with Crippen molar-refractivity contribution >= 4 is 0 Å². The van der Waals surface area contributed by atoms with Crippen LogP contribution in [-0.4, -0.2) is 47.0 Å². The second kappa shape index (κ2) is 8.89. The molecular weight excluding hydrogens is 338 g/mol. The molecule has 2 N–H and O–H groups in total. The molecule has 2 aromatic rings. The van der Waals surface area contributed by atoms with Crippen molar-refractivity contribution in [3.8, 4) is 5.75 Å². The van der Waals surface area contributed by atoms with Gasteiger partial charge in [0.2, 0.25) is 0 Å². The molecule has 1 aliphatic heterocycles. The van der Waals surface area contributed by atoms with Crippen LogP contribution in [0.3, 0.4) is 0 Å². The summed E-state index contributed by atoms with van der Waals surface area (Å²) in [6, 6.07) is 10.4. The quantitative estimate of drug-likeness (QED) is 0.746. The highest BCUT2D eigenvalue weighted by molar-refractivity contribution is 5.28. The summed E-state index contributed by atoms with van der Waals surface area (Å²) >= 11 is 0. The van der Waals surface area contributed by atoms with Gasteiger partial charge in [-0.05, 0) is 73.9 Å². The predicted molar refractivity (Wildman–Crippen MR) is 108 cm³/mol. The van der Waals surface area contributed by atoms with Gasteiger partial charge >= 0.3 is 0 Å². The molecule has 3 rings (SSSR count). The average molecular weight is 372 g/mol. The molecule has 5 heteroatoms. The normalized spacial score (nSPS) is 17.4. The minimum atomic E-state index is -0.0120. The van der Waals surface area contributed by atoms with E-state index in [0.717, 1.165) is 56.8 Å². The molecule has 148 valence electrons. The Morgan fingerprint density at radius 3 is 2.52 bits per heavy atom. The minimum Gasteiger partial charge on any atom is -0.497 e. The lowest BCUT2D eigenvalue weighted by Gasteiger charge is -2.40. The van der Waals surface area contributed by atoms with Gasteiger partial charge in [0.15, 0.2) is 0 Å². The standard InChI is InChI=1S/C22H33N3O2/c1-17(2)12-19-13-20(24-23-19)15-25-10-8-22(16-26,9-11-25)14-18-4-6-21(27-3)7-5-18/h4-7,13,17,26H,8-12,14-16H2,1-3H3,(H,23,24).